The lowest BCUT2D eigenvalue weighted by molar-refractivity contribution is -0.136. The largest absolute Gasteiger partial charge is 0.466 e. The lowest BCUT2D eigenvalue weighted by Gasteiger charge is -2.40. The van der Waals surface area contributed by atoms with Gasteiger partial charge in [0.1, 0.15) is 11.9 Å². The zero-order valence-electron chi connectivity index (χ0n) is 16.8. The fraction of sp³-hybridized carbons (Fsp3) is 0.333. The molecule has 1 aliphatic carbocycles. The van der Waals surface area contributed by atoms with E-state index in [2.05, 4.69) is 15.6 Å². The zero-order chi connectivity index (χ0) is 22.1. The van der Waals surface area contributed by atoms with E-state index >= 15 is 0 Å². The second-order valence-corrected chi connectivity index (χ2v) is 8.69. The van der Waals surface area contributed by atoms with Crippen LogP contribution in [0.2, 0.25) is 5.02 Å². The van der Waals surface area contributed by atoms with E-state index in [-0.39, 0.29) is 22.9 Å². The van der Waals surface area contributed by atoms with E-state index in [0.29, 0.717) is 40.5 Å². The standard InChI is InChI=1S/C21H20ClFN4O3S/c1-10(28)25-13-7-11(8-13)17-16(21(29)30-2)18(14-4-3-12(23)9-15(14)22)27-19(26-17)20-24-5-6-31-20/h3-6,9,11,13,18H,7-8H2,1-2H3,(H,25,28)(H,26,27)/t11?,13?,18-/m1/s1. The van der Waals surface area contributed by atoms with Gasteiger partial charge < -0.3 is 15.4 Å². The second-order valence-electron chi connectivity index (χ2n) is 7.39. The van der Waals surface area contributed by atoms with Gasteiger partial charge in [-0.1, -0.05) is 17.7 Å². The molecule has 162 valence electrons. The lowest BCUT2D eigenvalue weighted by Crippen LogP contribution is -2.48. The SMILES string of the molecule is COC(=O)C1=C(C2CC(NC(C)=O)C2)NC(c2nccs2)=N[C@@H]1c1ccc(F)cc1Cl. The van der Waals surface area contributed by atoms with Crippen molar-refractivity contribution in [2.24, 2.45) is 10.9 Å². The van der Waals surface area contributed by atoms with Gasteiger partial charge in [0, 0.05) is 46.7 Å². The normalized spacial score (nSPS) is 22.8. The Morgan fingerprint density at radius 3 is 2.74 bits per heavy atom. The molecule has 7 nitrogen and oxygen atoms in total. The highest BCUT2D eigenvalue weighted by molar-refractivity contribution is 7.11. The monoisotopic (exact) mass is 462 g/mol. The molecular formula is C21H20ClFN4O3S. The van der Waals surface area contributed by atoms with Crippen LogP contribution in [-0.4, -0.2) is 35.8 Å². The smallest absolute Gasteiger partial charge is 0.338 e. The molecule has 10 heteroatoms. The number of amidine groups is 1. The Labute approximate surface area is 187 Å². The number of amides is 1. The molecule has 1 aromatic carbocycles. The van der Waals surface area contributed by atoms with Crippen molar-refractivity contribution in [2.45, 2.75) is 31.8 Å². The van der Waals surface area contributed by atoms with Crippen molar-refractivity contribution >= 4 is 40.6 Å². The molecule has 0 spiro atoms. The maximum atomic E-state index is 13.7. The van der Waals surface area contributed by atoms with Gasteiger partial charge in [-0.05, 0) is 25.0 Å². The van der Waals surface area contributed by atoms with Crippen LogP contribution in [0.3, 0.4) is 0 Å². The highest BCUT2D eigenvalue weighted by atomic mass is 35.5. The van der Waals surface area contributed by atoms with Crippen LogP contribution in [0.25, 0.3) is 0 Å². The maximum Gasteiger partial charge on any atom is 0.338 e. The predicted octanol–water partition coefficient (Wildman–Crippen LogP) is 3.37. The summed E-state index contributed by atoms with van der Waals surface area (Å²) in [6.45, 7) is 1.48. The number of thiazole rings is 1. The Morgan fingerprint density at radius 2 is 2.13 bits per heavy atom. The summed E-state index contributed by atoms with van der Waals surface area (Å²) in [6, 6.07) is 3.26. The molecule has 1 atom stereocenters. The van der Waals surface area contributed by atoms with Gasteiger partial charge >= 0.3 is 5.97 Å². The van der Waals surface area contributed by atoms with Crippen molar-refractivity contribution in [2.75, 3.05) is 7.11 Å². The van der Waals surface area contributed by atoms with Crippen LogP contribution in [-0.2, 0) is 14.3 Å². The first-order valence-electron chi connectivity index (χ1n) is 9.66. The number of carbonyl (C=O) groups is 2. The van der Waals surface area contributed by atoms with Gasteiger partial charge in [0.05, 0.1) is 12.7 Å². The van der Waals surface area contributed by atoms with Crippen LogP contribution in [0.5, 0.6) is 0 Å². The quantitative estimate of drug-likeness (QED) is 0.664. The van der Waals surface area contributed by atoms with Crippen molar-refractivity contribution in [3.63, 3.8) is 0 Å². The number of methoxy groups -OCH3 is 1. The highest BCUT2D eigenvalue weighted by Gasteiger charge is 2.41. The Kier molecular flexibility index (Phi) is 6.06. The van der Waals surface area contributed by atoms with E-state index < -0.39 is 17.8 Å². The summed E-state index contributed by atoms with van der Waals surface area (Å²) in [5, 5.41) is 8.82. The molecule has 2 aromatic rings. The van der Waals surface area contributed by atoms with Gasteiger partial charge in [-0.25, -0.2) is 14.2 Å². The van der Waals surface area contributed by atoms with Crippen molar-refractivity contribution in [1.29, 1.82) is 0 Å². The molecular weight excluding hydrogens is 443 g/mol. The first-order valence-corrected chi connectivity index (χ1v) is 10.9. The molecule has 2 N–H and O–H groups in total. The molecule has 2 aliphatic rings. The van der Waals surface area contributed by atoms with E-state index in [4.69, 9.17) is 21.3 Å². The number of benzene rings is 1. The summed E-state index contributed by atoms with van der Waals surface area (Å²) in [7, 11) is 1.30. The van der Waals surface area contributed by atoms with E-state index in [0.717, 1.165) is 0 Å². The Morgan fingerprint density at radius 1 is 1.35 bits per heavy atom. The third-order valence-corrected chi connectivity index (χ3v) is 6.43. The van der Waals surface area contributed by atoms with Gasteiger partial charge in [-0.15, -0.1) is 11.3 Å². The number of ether oxygens (including phenoxy) is 1. The topological polar surface area (TPSA) is 92.7 Å². The van der Waals surface area contributed by atoms with E-state index in [9.17, 15) is 14.0 Å². The average molecular weight is 463 g/mol. The van der Waals surface area contributed by atoms with Crippen LogP contribution >= 0.6 is 22.9 Å². The van der Waals surface area contributed by atoms with E-state index in [1.165, 1.54) is 43.6 Å². The first-order chi connectivity index (χ1) is 14.9. The lowest BCUT2D eigenvalue weighted by atomic mass is 9.75. The second kappa shape index (κ2) is 8.76. The molecule has 1 amide bonds. The van der Waals surface area contributed by atoms with Gasteiger partial charge in [0.25, 0.3) is 0 Å². The van der Waals surface area contributed by atoms with Gasteiger partial charge in [0.2, 0.25) is 5.91 Å². The van der Waals surface area contributed by atoms with E-state index in [1.807, 2.05) is 5.38 Å². The molecule has 0 saturated heterocycles. The summed E-state index contributed by atoms with van der Waals surface area (Å²) >= 11 is 7.74. The first kappa shape index (κ1) is 21.5. The molecule has 1 fully saturated rings. The number of aliphatic imine (C=N–C) groups is 1. The minimum atomic E-state index is -0.782. The van der Waals surface area contributed by atoms with Crippen molar-refractivity contribution in [3.8, 4) is 0 Å². The third-order valence-electron chi connectivity index (χ3n) is 5.33. The average Bonchev–Trinajstić information content (AvgIpc) is 3.24. The molecule has 2 heterocycles. The fourth-order valence-corrected chi connectivity index (χ4v) is 4.74. The van der Waals surface area contributed by atoms with Gasteiger partial charge in [-0.3, -0.25) is 9.79 Å². The number of rotatable bonds is 5. The minimum absolute atomic E-state index is 0.0156. The number of aromatic nitrogens is 1. The molecule has 0 unspecified atom stereocenters. The number of carbonyl (C=O) groups excluding carboxylic acids is 2. The molecule has 1 aliphatic heterocycles. The Balaban J connectivity index is 1.79. The molecule has 1 aromatic heterocycles. The minimum Gasteiger partial charge on any atom is -0.466 e. The number of allylic oxidation sites excluding steroid dienone is 1. The predicted molar refractivity (Wildman–Crippen MR) is 115 cm³/mol. The number of hydrogen-bond donors (Lipinski definition) is 2. The number of hydrogen-bond acceptors (Lipinski definition) is 7. The third kappa shape index (κ3) is 4.33. The van der Waals surface area contributed by atoms with Crippen LogP contribution in [0.4, 0.5) is 4.39 Å². The van der Waals surface area contributed by atoms with Crippen LogP contribution in [0.1, 0.15) is 36.4 Å². The van der Waals surface area contributed by atoms with Crippen LogP contribution in [0, 0.1) is 11.7 Å². The molecule has 0 bridgehead atoms. The number of nitrogens with one attached hydrogen (secondary N) is 2. The molecule has 4 rings (SSSR count). The van der Waals surface area contributed by atoms with Crippen molar-refractivity contribution in [1.82, 2.24) is 15.6 Å². The molecule has 0 radical (unpaired) electrons. The van der Waals surface area contributed by atoms with Crippen LogP contribution in [0.15, 0.2) is 46.0 Å². The fourth-order valence-electron chi connectivity index (χ4n) is 3.88. The summed E-state index contributed by atoms with van der Waals surface area (Å²) in [5.74, 6) is -0.627. The Hall–Kier alpha value is -2.78. The highest BCUT2D eigenvalue weighted by Crippen LogP contribution is 2.42. The van der Waals surface area contributed by atoms with E-state index in [1.54, 1.807) is 6.20 Å². The van der Waals surface area contributed by atoms with Crippen LogP contribution < -0.4 is 10.6 Å². The summed E-state index contributed by atoms with van der Waals surface area (Å²) in [5.41, 5.74) is 1.48. The summed E-state index contributed by atoms with van der Waals surface area (Å²) in [6.07, 6.45) is 2.99. The Bertz CT molecular complexity index is 1080. The number of nitrogens with zero attached hydrogens (tertiary/aromatic N) is 2. The van der Waals surface area contributed by atoms with Crippen molar-refractivity contribution in [3.05, 3.63) is 62.5 Å². The zero-order valence-corrected chi connectivity index (χ0v) is 18.4. The number of esters is 1. The van der Waals surface area contributed by atoms with Crippen molar-refractivity contribution < 1.29 is 18.7 Å². The molecule has 1 saturated carbocycles. The maximum absolute atomic E-state index is 13.7. The number of halogens is 2. The van der Waals surface area contributed by atoms with Gasteiger partial charge in [0.15, 0.2) is 10.8 Å². The molecule has 31 heavy (non-hydrogen) atoms. The summed E-state index contributed by atoms with van der Waals surface area (Å²) < 4.78 is 18.7. The summed E-state index contributed by atoms with van der Waals surface area (Å²) in [4.78, 5) is 33.3. The van der Waals surface area contributed by atoms with Gasteiger partial charge in [-0.2, -0.15) is 0 Å².